The Kier molecular flexibility index (Phi) is 9.30. The fraction of sp³-hybridized carbons (Fsp3) is 0.500. The molecule has 0 unspecified atom stereocenters. The molecule has 0 radical (unpaired) electrons. The Labute approximate surface area is 247 Å². The van der Waals surface area contributed by atoms with Crippen molar-refractivity contribution in [2.75, 3.05) is 32.1 Å². The van der Waals surface area contributed by atoms with E-state index in [2.05, 4.69) is 10.3 Å². The number of hydrogen-bond donors (Lipinski definition) is 2. The highest BCUT2D eigenvalue weighted by Gasteiger charge is 2.44. The first-order valence-electron chi connectivity index (χ1n) is 13.7. The minimum atomic E-state index is -5.11. The maximum Gasteiger partial charge on any atom is 0.416 e. The van der Waals surface area contributed by atoms with Crippen LogP contribution in [-0.2, 0) is 17.1 Å². The molecule has 1 aromatic heterocycles. The van der Waals surface area contributed by atoms with Crippen molar-refractivity contribution in [3.8, 4) is 0 Å². The van der Waals surface area contributed by atoms with Crippen LogP contribution in [-0.4, -0.2) is 77.2 Å². The molecule has 1 saturated heterocycles. The first-order chi connectivity index (χ1) is 20.5. The molecule has 4 amide bonds. The van der Waals surface area contributed by atoms with Gasteiger partial charge in [-0.3, -0.25) is 14.7 Å². The highest BCUT2D eigenvalue weighted by Crippen LogP contribution is 2.39. The molecular formula is C28H30F7N5O4. The third kappa shape index (κ3) is 7.33. The van der Waals surface area contributed by atoms with E-state index in [1.165, 1.54) is 18.0 Å². The normalized spacial score (nSPS) is 22.4. The minimum absolute atomic E-state index is 0.0255. The molecule has 2 heterocycles. The summed E-state index contributed by atoms with van der Waals surface area (Å²) in [6.07, 6.45) is -8.69. The van der Waals surface area contributed by atoms with Crippen LogP contribution in [0.3, 0.4) is 0 Å². The van der Waals surface area contributed by atoms with E-state index in [-0.39, 0.29) is 31.1 Å². The number of benzene rings is 1. The molecule has 240 valence electrons. The van der Waals surface area contributed by atoms with Crippen LogP contribution in [0.15, 0.2) is 36.5 Å². The molecule has 2 atom stereocenters. The zero-order valence-electron chi connectivity index (χ0n) is 23.6. The average molecular weight is 634 g/mol. The maximum absolute atomic E-state index is 13.6. The van der Waals surface area contributed by atoms with Crippen LogP contribution in [0, 0.1) is 11.7 Å². The second-order valence-electron chi connectivity index (χ2n) is 11.0. The number of aromatic nitrogens is 1. The molecule has 1 aliphatic heterocycles. The lowest BCUT2D eigenvalue weighted by Gasteiger charge is -2.33. The van der Waals surface area contributed by atoms with Crippen molar-refractivity contribution in [2.45, 2.75) is 56.0 Å². The van der Waals surface area contributed by atoms with Gasteiger partial charge in [-0.2, -0.15) is 26.3 Å². The zero-order chi connectivity index (χ0) is 32.6. The van der Waals surface area contributed by atoms with Crippen LogP contribution in [0.4, 0.5) is 46.0 Å². The molecule has 2 N–H and O–H groups in total. The molecule has 0 bridgehead atoms. The van der Waals surface area contributed by atoms with Gasteiger partial charge in [0.05, 0.1) is 23.4 Å². The van der Waals surface area contributed by atoms with Gasteiger partial charge in [0, 0.05) is 56.4 Å². The second-order valence-corrected chi connectivity index (χ2v) is 11.0. The number of nitrogens with zero attached hydrogens (tertiary/aromatic N) is 4. The minimum Gasteiger partial charge on any atom is -0.465 e. The van der Waals surface area contributed by atoms with E-state index in [9.17, 15) is 45.1 Å². The Bertz CT molecular complexity index is 1350. The standard InChI is InChI=1S/C28H30F7N5O4/c1-38(20-10-16(27(30,31)32)9-17(11-20)28(33,34)35)26(44)39(2)23-14-40(13-21(23)22-8-5-18(29)12-36-22)24(41)15-3-6-19(7-4-15)37-25(42)43/h5,8-12,15,19,21,23,37H,3-4,6-7,13-14H2,1-2H3,(H,42,43)/t15-,19-,21-,23+/m0/s1. The van der Waals surface area contributed by atoms with Gasteiger partial charge in [-0.15, -0.1) is 0 Å². The zero-order valence-corrected chi connectivity index (χ0v) is 23.6. The van der Waals surface area contributed by atoms with Gasteiger partial charge < -0.3 is 20.2 Å². The number of likely N-dealkylation sites (tertiary alicyclic amines) is 1. The number of urea groups is 1. The molecule has 44 heavy (non-hydrogen) atoms. The number of amides is 4. The molecule has 2 aliphatic rings. The van der Waals surface area contributed by atoms with Crippen LogP contribution in [0.1, 0.15) is 48.4 Å². The number of carbonyl (C=O) groups excluding carboxylic acids is 2. The van der Waals surface area contributed by atoms with Gasteiger partial charge in [0.1, 0.15) is 5.82 Å². The molecule has 2 fully saturated rings. The number of rotatable bonds is 5. The maximum atomic E-state index is 13.6. The highest BCUT2D eigenvalue weighted by atomic mass is 19.4. The van der Waals surface area contributed by atoms with Gasteiger partial charge in [0.25, 0.3) is 0 Å². The predicted molar refractivity (Wildman–Crippen MR) is 142 cm³/mol. The number of anilines is 1. The third-order valence-electron chi connectivity index (χ3n) is 8.18. The summed E-state index contributed by atoms with van der Waals surface area (Å²) in [6, 6.07) is 1.35. The molecule has 2 aromatic rings. The summed E-state index contributed by atoms with van der Waals surface area (Å²) in [5.74, 6) is -1.94. The lowest BCUT2D eigenvalue weighted by molar-refractivity contribution is -0.143. The summed E-state index contributed by atoms with van der Waals surface area (Å²) >= 11 is 0. The predicted octanol–water partition coefficient (Wildman–Crippen LogP) is 5.57. The Morgan fingerprint density at radius 3 is 2.02 bits per heavy atom. The SMILES string of the molecule is CN(C(=O)N(C)[C@@H]1CN(C(=O)[C@H]2CC[C@H](NC(=O)O)CC2)C[C@H]1c1ccc(F)cn1)c1cc(C(F)(F)F)cc(C(F)(F)F)c1. The van der Waals surface area contributed by atoms with Crippen LogP contribution in [0.25, 0.3) is 0 Å². The summed E-state index contributed by atoms with van der Waals surface area (Å²) in [7, 11) is 2.36. The van der Waals surface area contributed by atoms with E-state index in [1.54, 1.807) is 0 Å². The monoisotopic (exact) mass is 633 g/mol. The lowest BCUT2D eigenvalue weighted by Crippen LogP contribution is -2.48. The summed E-state index contributed by atoms with van der Waals surface area (Å²) in [5, 5.41) is 11.4. The fourth-order valence-corrected chi connectivity index (χ4v) is 5.79. The fourth-order valence-electron chi connectivity index (χ4n) is 5.79. The van der Waals surface area contributed by atoms with Gasteiger partial charge >= 0.3 is 24.5 Å². The van der Waals surface area contributed by atoms with Crippen molar-refractivity contribution < 1.29 is 50.2 Å². The first kappa shape index (κ1) is 32.8. The number of hydrogen-bond acceptors (Lipinski definition) is 4. The number of carboxylic acid groups (broad SMARTS) is 1. The molecule has 16 heteroatoms. The molecule has 9 nitrogen and oxygen atoms in total. The second kappa shape index (κ2) is 12.5. The van der Waals surface area contributed by atoms with E-state index in [0.29, 0.717) is 48.4 Å². The number of nitrogens with one attached hydrogen (secondary N) is 1. The van der Waals surface area contributed by atoms with E-state index in [4.69, 9.17) is 5.11 Å². The Morgan fingerprint density at radius 1 is 0.932 bits per heavy atom. The Hall–Kier alpha value is -4.11. The number of alkyl halides is 6. The average Bonchev–Trinajstić information content (AvgIpc) is 3.40. The van der Waals surface area contributed by atoms with Crippen molar-refractivity contribution in [2.24, 2.45) is 5.92 Å². The smallest absolute Gasteiger partial charge is 0.416 e. The van der Waals surface area contributed by atoms with Crippen molar-refractivity contribution in [1.29, 1.82) is 0 Å². The van der Waals surface area contributed by atoms with E-state index < -0.39 is 65.0 Å². The number of likely N-dealkylation sites (N-methyl/N-ethyl adjacent to an activating group) is 1. The first-order valence-corrected chi connectivity index (χ1v) is 13.7. The highest BCUT2D eigenvalue weighted by molar-refractivity contribution is 5.92. The topological polar surface area (TPSA) is 106 Å². The van der Waals surface area contributed by atoms with Gasteiger partial charge in [-0.05, 0) is 56.0 Å². The van der Waals surface area contributed by atoms with E-state index >= 15 is 0 Å². The largest absolute Gasteiger partial charge is 0.465 e. The quantitative estimate of drug-likeness (QED) is 0.419. The summed E-state index contributed by atoms with van der Waals surface area (Å²) in [6.45, 7) is 0.0425. The van der Waals surface area contributed by atoms with Crippen molar-refractivity contribution in [3.05, 3.63) is 59.2 Å². The molecule has 4 rings (SSSR count). The molecule has 0 spiro atoms. The summed E-state index contributed by atoms with van der Waals surface area (Å²) in [5.41, 5.74) is -3.47. The van der Waals surface area contributed by atoms with Crippen molar-refractivity contribution >= 4 is 23.7 Å². The van der Waals surface area contributed by atoms with Crippen LogP contribution < -0.4 is 10.2 Å². The summed E-state index contributed by atoms with van der Waals surface area (Å²) < 4.78 is 94.3. The molecule has 1 saturated carbocycles. The molecule has 1 aromatic carbocycles. The van der Waals surface area contributed by atoms with E-state index in [1.807, 2.05) is 0 Å². The number of carbonyl (C=O) groups is 3. The van der Waals surface area contributed by atoms with Crippen LogP contribution in [0.2, 0.25) is 0 Å². The molecule has 1 aliphatic carbocycles. The number of halogens is 7. The summed E-state index contributed by atoms with van der Waals surface area (Å²) in [4.78, 5) is 45.4. The number of pyridine rings is 1. The van der Waals surface area contributed by atoms with Crippen molar-refractivity contribution in [1.82, 2.24) is 20.1 Å². The van der Waals surface area contributed by atoms with Gasteiger partial charge in [0.15, 0.2) is 0 Å². The van der Waals surface area contributed by atoms with Crippen LogP contribution in [0.5, 0.6) is 0 Å². The van der Waals surface area contributed by atoms with Gasteiger partial charge in [-0.1, -0.05) is 0 Å². The Balaban J connectivity index is 1.58. The third-order valence-corrected chi connectivity index (χ3v) is 8.18. The van der Waals surface area contributed by atoms with Crippen LogP contribution >= 0.6 is 0 Å². The van der Waals surface area contributed by atoms with Crippen molar-refractivity contribution in [3.63, 3.8) is 0 Å². The molecular weight excluding hydrogens is 603 g/mol. The van der Waals surface area contributed by atoms with E-state index in [0.717, 1.165) is 24.2 Å². The Morgan fingerprint density at radius 2 is 1.52 bits per heavy atom. The van der Waals surface area contributed by atoms with Gasteiger partial charge in [0.2, 0.25) is 5.91 Å². The lowest BCUT2D eigenvalue weighted by atomic mass is 9.85. The van der Waals surface area contributed by atoms with Gasteiger partial charge in [-0.25, -0.2) is 14.0 Å².